The molecule has 0 radical (unpaired) electrons. The van der Waals surface area contributed by atoms with E-state index in [1.807, 2.05) is 7.05 Å². The Morgan fingerprint density at radius 3 is 2.86 bits per heavy atom. The zero-order valence-electron chi connectivity index (χ0n) is 9.00. The maximum atomic E-state index is 5.83. The van der Waals surface area contributed by atoms with Crippen molar-refractivity contribution in [3.05, 3.63) is 0 Å². The molecule has 1 saturated heterocycles. The van der Waals surface area contributed by atoms with Gasteiger partial charge in [-0.05, 0) is 38.8 Å². The smallest absolute Gasteiger partial charge is 0.0581 e. The third-order valence-corrected chi connectivity index (χ3v) is 3.28. The van der Waals surface area contributed by atoms with Crippen molar-refractivity contribution < 1.29 is 9.47 Å². The van der Waals surface area contributed by atoms with Gasteiger partial charge in [-0.3, -0.25) is 0 Å². The Labute approximate surface area is 86.2 Å². The molecule has 14 heavy (non-hydrogen) atoms. The lowest BCUT2D eigenvalue weighted by molar-refractivity contribution is -0.0443. The largest absolute Gasteiger partial charge is 0.381 e. The van der Waals surface area contributed by atoms with E-state index in [2.05, 4.69) is 5.32 Å². The van der Waals surface area contributed by atoms with E-state index in [0.717, 1.165) is 32.3 Å². The fraction of sp³-hybridized carbons (Fsp3) is 1.00. The first-order valence-electron chi connectivity index (χ1n) is 5.72. The SMILES string of the molecule is CNCC1CC(OCC2CCOC2)C1. The maximum absolute atomic E-state index is 5.83. The second-order valence-electron chi connectivity index (χ2n) is 4.58. The van der Waals surface area contributed by atoms with Gasteiger partial charge in [-0.1, -0.05) is 0 Å². The molecule has 82 valence electrons. The van der Waals surface area contributed by atoms with E-state index < -0.39 is 0 Å². The van der Waals surface area contributed by atoms with Crippen molar-refractivity contribution in [1.82, 2.24) is 5.32 Å². The minimum Gasteiger partial charge on any atom is -0.381 e. The Bertz CT molecular complexity index is 163. The number of hydrogen-bond acceptors (Lipinski definition) is 3. The zero-order chi connectivity index (χ0) is 9.80. The van der Waals surface area contributed by atoms with Crippen molar-refractivity contribution in [1.29, 1.82) is 0 Å². The van der Waals surface area contributed by atoms with Gasteiger partial charge in [-0.2, -0.15) is 0 Å². The van der Waals surface area contributed by atoms with Gasteiger partial charge in [-0.25, -0.2) is 0 Å². The van der Waals surface area contributed by atoms with Crippen LogP contribution in [0.1, 0.15) is 19.3 Å². The summed E-state index contributed by atoms with van der Waals surface area (Å²) >= 11 is 0. The first-order chi connectivity index (χ1) is 6.88. The van der Waals surface area contributed by atoms with Gasteiger partial charge in [0.05, 0.1) is 19.3 Å². The van der Waals surface area contributed by atoms with Crippen molar-refractivity contribution in [2.75, 3.05) is 33.4 Å². The second-order valence-corrected chi connectivity index (χ2v) is 4.58. The van der Waals surface area contributed by atoms with Crippen LogP contribution in [0.4, 0.5) is 0 Å². The summed E-state index contributed by atoms with van der Waals surface area (Å²) < 4.78 is 11.1. The van der Waals surface area contributed by atoms with Crippen LogP contribution in [0.3, 0.4) is 0 Å². The molecule has 0 amide bonds. The van der Waals surface area contributed by atoms with Gasteiger partial charge < -0.3 is 14.8 Å². The van der Waals surface area contributed by atoms with Gasteiger partial charge in [0.15, 0.2) is 0 Å². The molecular weight excluding hydrogens is 178 g/mol. The predicted molar refractivity (Wildman–Crippen MR) is 55.3 cm³/mol. The molecule has 1 unspecified atom stereocenters. The summed E-state index contributed by atoms with van der Waals surface area (Å²) in [6.45, 7) is 3.90. The van der Waals surface area contributed by atoms with E-state index in [0.29, 0.717) is 12.0 Å². The first kappa shape index (κ1) is 10.4. The third kappa shape index (κ3) is 2.69. The molecule has 1 aliphatic heterocycles. The van der Waals surface area contributed by atoms with Crippen molar-refractivity contribution >= 4 is 0 Å². The fourth-order valence-electron chi connectivity index (χ4n) is 2.25. The minimum atomic E-state index is 0.536. The molecular formula is C11H21NO2. The number of rotatable bonds is 5. The Morgan fingerprint density at radius 2 is 2.21 bits per heavy atom. The summed E-state index contributed by atoms with van der Waals surface area (Å²) in [6, 6.07) is 0. The molecule has 3 heteroatoms. The Kier molecular flexibility index (Phi) is 3.79. The van der Waals surface area contributed by atoms with E-state index in [1.165, 1.54) is 19.3 Å². The van der Waals surface area contributed by atoms with Gasteiger partial charge in [0.2, 0.25) is 0 Å². The lowest BCUT2D eigenvalue weighted by Crippen LogP contribution is -2.37. The Balaban J connectivity index is 1.51. The van der Waals surface area contributed by atoms with Crippen molar-refractivity contribution in [2.45, 2.75) is 25.4 Å². The average Bonchev–Trinajstić information content (AvgIpc) is 2.61. The normalized spacial score (nSPS) is 37.1. The highest BCUT2D eigenvalue weighted by atomic mass is 16.5. The second kappa shape index (κ2) is 5.10. The summed E-state index contributed by atoms with van der Waals surface area (Å²) in [5, 5.41) is 3.21. The number of nitrogens with one attached hydrogen (secondary N) is 1. The molecule has 1 N–H and O–H groups in total. The van der Waals surface area contributed by atoms with Gasteiger partial charge in [-0.15, -0.1) is 0 Å². The van der Waals surface area contributed by atoms with Crippen LogP contribution in [0.5, 0.6) is 0 Å². The van der Waals surface area contributed by atoms with Crippen LogP contribution < -0.4 is 5.32 Å². The van der Waals surface area contributed by atoms with Crippen molar-refractivity contribution in [2.24, 2.45) is 11.8 Å². The van der Waals surface area contributed by atoms with Gasteiger partial charge >= 0.3 is 0 Å². The molecule has 2 fully saturated rings. The van der Waals surface area contributed by atoms with E-state index in [1.54, 1.807) is 0 Å². The molecule has 2 rings (SSSR count). The van der Waals surface area contributed by atoms with E-state index in [4.69, 9.17) is 9.47 Å². The lowest BCUT2D eigenvalue weighted by atomic mass is 9.82. The summed E-state index contributed by atoms with van der Waals surface area (Å²) in [6.07, 6.45) is 4.21. The molecule has 0 spiro atoms. The van der Waals surface area contributed by atoms with Crippen LogP contribution in [-0.2, 0) is 9.47 Å². The number of hydrogen-bond donors (Lipinski definition) is 1. The minimum absolute atomic E-state index is 0.536. The van der Waals surface area contributed by atoms with Crippen LogP contribution >= 0.6 is 0 Å². The van der Waals surface area contributed by atoms with Crippen LogP contribution in [0.2, 0.25) is 0 Å². The maximum Gasteiger partial charge on any atom is 0.0581 e. The summed E-state index contributed by atoms with van der Waals surface area (Å²) in [5.41, 5.74) is 0. The Morgan fingerprint density at radius 1 is 1.36 bits per heavy atom. The highest BCUT2D eigenvalue weighted by molar-refractivity contribution is 4.81. The van der Waals surface area contributed by atoms with E-state index >= 15 is 0 Å². The monoisotopic (exact) mass is 199 g/mol. The van der Waals surface area contributed by atoms with E-state index in [-0.39, 0.29) is 0 Å². The Hall–Kier alpha value is -0.120. The number of ether oxygens (including phenoxy) is 2. The van der Waals surface area contributed by atoms with Crippen molar-refractivity contribution in [3.8, 4) is 0 Å². The standard InChI is InChI=1S/C11H21NO2/c1-12-6-10-4-11(5-10)14-8-9-2-3-13-7-9/h9-12H,2-8H2,1H3. The highest BCUT2D eigenvalue weighted by Crippen LogP contribution is 2.30. The fourth-order valence-corrected chi connectivity index (χ4v) is 2.25. The van der Waals surface area contributed by atoms with Gasteiger partial charge in [0.1, 0.15) is 0 Å². The van der Waals surface area contributed by atoms with Crippen LogP contribution in [0.25, 0.3) is 0 Å². The van der Waals surface area contributed by atoms with Gasteiger partial charge in [0, 0.05) is 12.5 Å². The molecule has 1 atom stereocenters. The molecule has 1 aliphatic carbocycles. The average molecular weight is 199 g/mol. The van der Waals surface area contributed by atoms with E-state index in [9.17, 15) is 0 Å². The predicted octanol–water partition coefficient (Wildman–Crippen LogP) is 1.04. The molecule has 0 aromatic heterocycles. The molecule has 1 saturated carbocycles. The highest BCUT2D eigenvalue weighted by Gasteiger charge is 2.30. The molecule has 0 aromatic rings. The molecule has 0 bridgehead atoms. The third-order valence-electron chi connectivity index (χ3n) is 3.28. The quantitative estimate of drug-likeness (QED) is 0.717. The van der Waals surface area contributed by atoms with Gasteiger partial charge in [0.25, 0.3) is 0 Å². The molecule has 2 aliphatic rings. The summed E-state index contributed by atoms with van der Waals surface area (Å²) in [7, 11) is 2.02. The van der Waals surface area contributed by atoms with Crippen LogP contribution in [0.15, 0.2) is 0 Å². The molecule has 1 heterocycles. The lowest BCUT2D eigenvalue weighted by Gasteiger charge is -2.35. The topological polar surface area (TPSA) is 30.5 Å². The zero-order valence-corrected chi connectivity index (χ0v) is 9.00. The summed E-state index contributed by atoms with van der Waals surface area (Å²) in [4.78, 5) is 0. The van der Waals surface area contributed by atoms with Crippen LogP contribution in [-0.4, -0.2) is 39.5 Å². The summed E-state index contributed by atoms with van der Waals surface area (Å²) in [5.74, 6) is 1.52. The molecule has 0 aromatic carbocycles. The molecule has 3 nitrogen and oxygen atoms in total. The first-order valence-corrected chi connectivity index (χ1v) is 5.72. The van der Waals surface area contributed by atoms with Crippen molar-refractivity contribution in [3.63, 3.8) is 0 Å². The van der Waals surface area contributed by atoms with Crippen LogP contribution in [0, 0.1) is 11.8 Å².